The van der Waals surface area contributed by atoms with E-state index in [-0.39, 0.29) is 11.5 Å². The Morgan fingerprint density at radius 2 is 1.86 bits per heavy atom. The van der Waals surface area contributed by atoms with E-state index < -0.39 is 0 Å². The summed E-state index contributed by atoms with van der Waals surface area (Å²) in [4.78, 5) is 4.50. The minimum atomic E-state index is 0.0960. The molecular formula is C19H25NO2. The molecule has 0 saturated heterocycles. The van der Waals surface area contributed by atoms with Gasteiger partial charge in [0.1, 0.15) is 11.5 Å². The van der Waals surface area contributed by atoms with Crippen molar-refractivity contribution >= 4 is 11.4 Å². The summed E-state index contributed by atoms with van der Waals surface area (Å²) >= 11 is 0. The summed E-state index contributed by atoms with van der Waals surface area (Å²) in [6, 6.07) is 3.49. The fraction of sp³-hybridized carbons (Fsp3) is 0.421. The molecule has 0 unspecified atom stereocenters. The number of allylic oxidation sites excluding steroid dienone is 2. The average Bonchev–Trinajstić information content (AvgIpc) is 2.80. The summed E-state index contributed by atoms with van der Waals surface area (Å²) in [5, 5.41) is 20.8. The van der Waals surface area contributed by atoms with Crippen molar-refractivity contribution in [1.29, 1.82) is 0 Å². The molecule has 0 aromatic heterocycles. The van der Waals surface area contributed by atoms with Gasteiger partial charge in [0.15, 0.2) is 0 Å². The zero-order chi connectivity index (χ0) is 16.3. The molecule has 2 rings (SSSR count). The van der Waals surface area contributed by atoms with E-state index in [9.17, 15) is 10.2 Å². The lowest BCUT2D eigenvalue weighted by atomic mass is 9.97. The number of benzene rings is 1. The molecule has 0 aliphatic carbocycles. The van der Waals surface area contributed by atoms with E-state index in [4.69, 9.17) is 0 Å². The Morgan fingerprint density at radius 1 is 1.23 bits per heavy atom. The Kier molecular flexibility index (Phi) is 5.07. The lowest BCUT2D eigenvalue weighted by Gasteiger charge is -2.12. The highest BCUT2D eigenvalue weighted by Gasteiger charge is 2.23. The van der Waals surface area contributed by atoms with Gasteiger partial charge in [-0.1, -0.05) is 31.9 Å². The van der Waals surface area contributed by atoms with Crippen LogP contribution in [0.1, 0.15) is 57.6 Å². The second kappa shape index (κ2) is 6.82. The predicted octanol–water partition coefficient (Wildman–Crippen LogP) is 4.98. The number of hydrogen-bond donors (Lipinski definition) is 2. The highest BCUT2D eigenvalue weighted by molar-refractivity contribution is 5.99. The molecule has 1 aliphatic rings. The smallest absolute Gasteiger partial charge is 0.129 e. The standard InChI is InChI=1S/C19H25NO2/c1-5-6-7-8-14-10-16(21)18(17(22)11-14)19-15(12(2)3)9-13(4)20-19/h10-11,21-22H,2,5-9H2,1,3-4H3. The van der Waals surface area contributed by atoms with E-state index in [1.54, 1.807) is 12.1 Å². The molecule has 1 heterocycles. The van der Waals surface area contributed by atoms with Gasteiger partial charge in [0.05, 0.1) is 11.3 Å². The first-order valence-electron chi connectivity index (χ1n) is 7.92. The molecule has 0 fully saturated rings. The van der Waals surface area contributed by atoms with E-state index in [1.807, 2.05) is 13.8 Å². The van der Waals surface area contributed by atoms with Crippen LogP contribution in [0.3, 0.4) is 0 Å². The first-order valence-corrected chi connectivity index (χ1v) is 7.92. The van der Waals surface area contributed by atoms with Gasteiger partial charge in [-0.3, -0.25) is 4.99 Å². The summed E-state index contributed by atoms with van der Waals surface area (Å²) in [6.07, 6.45) is 4.95. The monoisotopic (exact) mass is 299 g/mol. The van der Waals surface area contributed by atoms with Crippen LogP contribution in [0.5, 0.6) is 11.5 Å². The van der Waals surface area contributed by atoms with Gasteiger partial charge in [0, 0.05) is 12.1 Å². The van der Waals surface area contributed by atoms with Crippen molar-refractivity contribution in [3.05, 3.63) is 41.0 Å². The number of aliphatic imine (C=N–C) groups is 1. The molecule has 3 nitrogen and oxygen atoms in total. The summed E-state index contributed by atoms with van der Waals surface area (Å²) in [7, 11) is 0. The molecule has 3 heteroatoms. The highest BCUT2D eigenvalue weighted by Crippen LogP contribution is 2.42. The van der Waals surface area contributed by atoms with Crippen molar-refractivity contribution in [2.75, 3.05) is 0 Å². The van der Waals surface area contributed by atoms with Gasteiger partial charge in [-0.25, -0.2) is 0 Å². The fourth-order valence-electron chi connectivity index (χ4n) is 2.83. The number of rotatable bonds is 6. The Balaban J connectivity index is 2.40. The maximum Gasteiger partial charge on any atom is 0.129 e. The molecule has 0 amide bonds. The van der Waals surface area contributed by atoms with Crippen LogP contribution in [0.15, 0.2) is 34.9 Å². The van der Waals surface area contributed by atoms with Crippen LogP contribution in [0, 0.1) is 0 Å². The van der Waals surface area contributed by atoms with Gasteiger partial charge in [0.25, 0.3) is 0 Å². The lowest BCUT2D eigenvalue weighted by Crippen LogP contribution is -1.92. The van der Waals surface area contributed by atoms with Crippen LogP contribution >= 0.6 is 0 Å². The van der Waals surface area contributed by atoms with Crippen molar-refractivity contribution < 1.29 is 10.2 Å². The number of unbranched alkanes of at least 4 members (excludes halogenated alkanes) is 2. The van der Waals surface area contributed by atoms with Crippen LogP contribution < -0.4 is 0 Å². The van der Waals surface area contributed by atoms with Gasteiger partial charge in [-0.2, -0.15) is 0 Å². The van der Waals surface area contributed by atoms with Gasteiger partial charge < -0.3 is 10.2 Å². The molecule has 0 radical (unpaired) electrons. The van der Waals surface area contributed by atoms with Crippen LogP contribution in [0.4, 0.5) is 0 Å². The van der Waals surface area contributed by atoms with E-state index in [1.165, 1.54) is 0 Å². The third kappa shape index (κ3) is 3.41. The van der Waals surface area contributed by atoms with Crippen LogP contribution in [0.25, 0.3) is 5.70 Å². The molecule has 0 saturated carbocycles. The van der Waals surface area contributed by atoms with Crippen molar-refractivity contribution in [3.63, 3.8) is 0 Å². The fourth-order valence-corrected chi connectivity index (χ4v) is 2.83. The summed E-state index contributed by atoms with van der Waals surface area (Å²) < 4.78 is 0. The van der Waals surface area contributed by atoms with Crippen molar-refractivity contribution in [1.82, 2.24) is 0 Å². The quantitative estimate of drug-likeness (QED) is 0.728. The van der Waals surface area contributed by atoms with Gasteiger partial charge >= 0.3 is 0 Å². The van der Waals surface area contributed by atoms with E-state index in [2.05, 4.69) is 18.5 Å². The summed E-state index contributed by atoms with van der Waals surface area (Å²) in [5.41, 5.74) is 4.92. The number of phenolic OH excluding ortho intramolecular Hbond substituents is 2. The number of aromatic hydroxyl groups is 2. The maximum atomic E-state index is 10.4. The molecule has 2 N–H and O–H groups in total. The Labute approximate surface area is 132 Å². The summed E-state index contributed by atoms with van der Waals surface area (Å²) in [5.74, 6) is 0.192. The number of hydrogen-bond acceptors (Lipinski definition) is 3. The van der Waals surface area contributed by atoms with Crippen molar-refractivity contribution in [2.45, 2.75) is 52.9 Å². The molecule has 0 spiro atoms. The van der Waals surface area contributed by atoms with Crippen LogP contribution in [-0.4, -0.2) is 15.9 Å². The molecule has 118 valence electrons. The third-order valence-electron chi connectivity index (χ3n) is 4.00. The first kappa shape index (κ1) is 16.3. The van der Waals surface area contributed by atoms with Crippen molar-refractivity contribution in [2.24, 2.45) is 4.99 Å². The zero-order valence-electron chi connectivity index (χ0n) is 13.7. The van der Waals surface area contributed by atoms with E-state index in [0.717, 1.165) is 54.5 Å². The second-order valence-electron chi connectivity index (χ2n) is 6.10. The Hall–Kier alpha value is -2.03. The minimum Gasteiger partial charge on any atom is -0.507 e. The minimum absolute atomic E-state index is 0.0960. The Bertz CT molecular complexity index is 630. The highest BCUT2D eigenvalue weighted by atomic mass is 16.3. The van der Waals surface area contributed by atoms with E-state index in [0.29, 0.717) is 11.3 Å². The second-order valence-corrected chi connectivity index (χ2v) is 6.10. The maximum absolute atomic E-state index is 10.4. The molecule has 1 aromatic carbocycles. The van der Waals surface area contributed by atoms with Crippen LogP contribution in [0.2, 0.25) is 0 Å². The first-order chi connectivity index (χ1) is 10.4. The molecule has 22 heavy (non-hydrogen) atoms. The largest absolute Gasteiger partial charge is 0.507 e. The molecule has 0 atom stereocenters. The van der Waals surface area contributed by atoms with Gasteiger partial charge in [-0.15, -0.1) is 0 Å². The van der Waals surface area contributed by atoms with Gasteiger partial charge in [-0.05, 0) is 50.0 Å². The predicted molar refractivity (Wildman–Crippen MR) is 92.5 cm³/mol. The average molecular weight is 299 g/mol. The zero-order valence-corrected chi connectivity index (χ0v) is 13.7. The molecular weight excluding hydrogens is 274 g/mol. The number of phenols is 2. The normalized spacial score (nSPS) is 14.4. The van der Waals surface area contributed by atoms with Crippen molar-refractivity contribution in [3.8, 4) is 11.5 Å². The Morgan fingerprint density at radius 3 is 2.41 bits per heavy atom. The van der Waals surface area contributed by atoms with E-state index >= 15 is 0 Å². The number of nitrogens with zero attached hydrogens (tertiary/aromatic N) is 1. The molecule has 0 bridgehead atoms. The number of aryl methyl sites for hydroxylation is 1. The summed E-state index contributed by atoms with van der Waals surface area (Å²) in [6.45, 7) is 10.0. The SMILES string of the molecule is C=C(C)C1=C(c2c(O)cc(CCCCC)cc2O)N=C(C)C1. The third-order valence-corrected chi connectivity index (χ3v) is 4.00. The van der Waals surface area contributed by atoms with Gasteiger partial charge in [0.2, 0.25) is 0 Å². The lowest BCUT2D eigenvalue weighted by molar-refractivity contribution is 0.445. The topological polar surface area (TPSA) is 52.8 Å². The molecule has 1 aliphatic heterocycles. The molecule has 1 aromatic rings. The van der Waals surface area contributed by atoms with Crippen LogP contribution in [-0.2, 0) is 6.42 Å².